The van der Waals surface area contributed by atoms with Gasteiger partial charge in [-0.15, -0.1) is 0 Å². The van der Waals surface area contributed by atoms with Crippen LogP contribution in [0.1, 0.15) is 25.0 Å². The first-order valence-corrected chi connectivity index (χ1v) is 8.09. The Hall–Kier alpha value is -3.20. The van der Waals surface area contributed by atoms with Gasteiger partial charge in [-0.2, -0.15) is 10.4 Å². The van der Waals surface area contributed by atoms with Gasteiger partial charge in [-0.3, -0.25) is 9.48 Å². The number of rotatable bonds is 7. The smallest absolute Gasteiger partial charge is 0.144 e. The Morgan fingerprint density at radius 2 is 2.00 bits per heavy atom. The molecule has 1 aromatic carbocycles. The van der Waals surface area contributed by atoms with Crippen LogP contribution in [0.2, 0.25) is 0 Å². The van der Waals surface area contributed by atoms with Crippen molar-refractivity contribution in [1.82, 2.24) is 14.9 Å². The summed E-state index contributed by atoms with van der Waals surface area (Å²) in [6.07, 6.45) is 5.38. The SMILES string of the molecule is Cn1cc(-c2ccc(-c3cc(CC(=O)CCCC#N)on3)cc2)cn1. The Balaban J connectivity index is 1.66. The summed E-state index contributed by atoms with van der Waals surface area (Å²) in [6.45, 7) is 0. The van der Waals surface area contributed by atoms with E-state index in [4.69, 9.17) is 9.78 Å². The first-order valence-electron chi connectivity index (χ1n) is 8.09. The first-order chi connectivity index (χ1) is 12.2. The molecule has 0 aliphatic heterocycles. The normalized spacial score (nSPS) is 10.6. The van der Waals surface area contributed by atoms with Crippen LogP contribution in [0.15, 0.2) is 47.2 Å². The van der Waals surface area contributed by atoms with Crippen molar-refractivity contribution in [2.45, 2.75) is 25.7 Å². The summed E-state index contributed by atoms with van der Waals surface area (Å²) in [6, 6.07) is 11.8. The van der Waals surface area contributed by atoms with Crippen LogP contribution in [0.4, 0.5) is 0 Å². The lowest BCUT2D eigenvalue weighted by Gasteiger charge is -1.99. The zero-order chi connectivity index (χ0) is 17.6. The molecule has 0 saturated carbocycles. The van der Waals surface area contributed by atoms with Gasteiger partial charge in [-0.25, -0.2) is 0 Å². The maximum absolute atomic E-state index is 11.8. The zero-order valence-electron chi connectivity index (χ0n) is 14.0. The molecule has 0 atom stereocenters. The maximum Gasteiger partial charge on any atom is 0.144 e. The standard InChI is InChI=1S/C19H18N4O2/c1-23-13-16(12-21-23)14-5-7-15(8-6-14)19-11-18(25-22-19)10-17(24)4-2-3-9-20/h5-8,11-13H,2-4,10H2,1H3. The molecule has 2 aromatic heterocycles. The fourth-order valence-electron chi connectivity index (χ4n) is 2.58. The number of aromatic nitrogens is 3. The molecule has 6 heteroatoms. The molecule has 0 spiro atoms. The lowest BCUT2D eigenvalue weighted by Crippen LogP contribution is -2.01. The molecule has 0 fully saturated rings. The topological polar surface area (TPSA) is 84.7 Å². The van der Waals surface area contributed by atoms with Crippen LogP contribution in [-0.4, -0.2) is 20.7 Å². The van der Waals surface area contributed by atoms with Crippen molar-refractivity contribution in [2.24, 2.45) is 7.05 Å². The molecule has 0 aliphatic carbocycles. The Bertz CT molecular complexity index is 900. The van der Waals surface area contributed by atoms with E-state index >= 15 is 0 Å². The monoisotopic (exact) mass is 334 g/mol. The van der Waals surface area contributed by atoms with Gasteiger partial charge < -0.3 is 4.52 Å². The lowest BCUT2D eigenvalue weighted by molar-refractivity contribution is -0.118. The van der Waals surface area contributed by atoms with Crippen LogP contribution in [0.25, 0.3) is 22.4 Å². The molecular formula is C19H18N4O2. The summed E-state index contributed by atoms with van der Waals surface area (Å²) in [5.74, 6) is 0.609. The number of hydrogen-bond acceptors (Lipinski definition) is 5. The highest BCUT2D eigenvalue weighted by Gasteiger charge is 2.11. The molecule has 25 heavy (non-hydrogen) atoms. The highest BCUT2D eigenvalue weighted by Crippen LogP contribution is 2.24. The van der Waals surface area contributed by atoms with Gasteiger partial charge >= 0.3 is 0 Å². The maximum atomic E-state index is 11.8. The van der Waals surface area contributed by atoms with Crippen molar-refractivity contribution in [2.75, 3.05) is 0 Å². The van der Waals surface area contributed by atoms with E-state index in [1.807, 2.05) is 49.8 Å². The van der Waals surface area contributed by atoms with Crippen molar-refractivity contribution < 1.29 is 9.32 Å². The molecule has 0 unspecified atom stereocenters. The second-order valence-electron chi connectivity index (χ2n) is 5.89. The van der Waals surface area contributed by atoms with Gasteiger partial charge in [-0.1, -0.05) is 29.4 Å². The summed E-state index contributed by atoms with van der Waals surface area (Å²) < 4.78 is 7.03. The first kappa shape index (κ1) is 16.7. The summed E-state index contributed by atoms with van der Waals surface area (Å²) in [7, 11) is 1.89. The van der Waals surface area contributed by atoms with Crippen LogP contribution in [0.5, 0.6) is 0 Å². The van der Waals surface area contributed by atoms with Crippen molar-refractivity contribution in [3.8, 4) is 28.5 Å². The van der Waals surface area contributed by atoms with Gasteiger partial charge in [0.25, 0.3) is 0 Å². The summed E-state index contributed by atoms with van der Waals surface area (Å²) in [5, 5.41) is 16.7. The van der Waals surface area contributed by atoms with E-state index in [2.05, 4.69) is 10.3 Å². The molecular weight excluding hydrogens is 316 g/mol. The van der Waals surface area contributed by atoms with E-state index < -0.39 is 0 Å². The highest BCUT2D eigenvalue weighted by molar-refractivity contribution is 5.80. The van der Waals surface area contributed by atoms with Crippen molar-refractivity contribution >= 4 is 5.78 Å². The van der Waals surface area contributed by atoms with Gasteiger partial charge in [0.05, 0.1) is 18.7 Å². The number of nitriles is 1. The minimum Gasteiger partial charge on any atom is -0.360 e. The quantitative estimate of drug-likeness (QED) is 0.617. The third-order valence-electron chi connectivity index (χ3n) is 3.89. The number of carbonyl (C=O) groups excluding carboxylic acids is 1. The Morgan fingerprint density at radius 3 is 2.68 bits per heavy atom. The summed E-state index contributed by atoms with van der Waals surface area (Å²) in [4.78, 5) is 11.8. The number of nitrogens with zero attached hydrogens (tertiary/aromatic N) is 4. The molecule has 0 amide bonds. The minimum atomic E-state index is 0.0601. The van der Waals surface area contributed by atoms with Crippen molar-refractivity contribution in [1.29, 1.82) is 5.26 Å². The number of benzene rings is 1. The van der Waals surface area contributed by atoms with Gasteiger partial charge in [0.2, 0.25) is 0 Å². The number of Topliss-reactive ketones (excluding diaryl/α,β-unsaturated/α-hetero) is 1. The number of unbranched alkanes of at least 4 members (excludes halogenated alkanes) is 1. The highest BCUT2D eigenvalue weighted by atomic mass is 16.5. The molecule has 0 aliphatic rings. The molecule has 0 bridgehead atoms. The minimum absolute atomic E-state index is 0.0601. The lowest BCUT2D eigenvalue weighted by atomic mass is 10.0. The van der Waals surface area contributed by atoms with E-state index in [9.17, 15) is 4.79 Å². The van der Waals surface area contributed by atoms with Crippen molar-refractivity contribution in [3.05, 3.63) is 48.5 Å². The predicted molar refractivity (Wildman–Crippen MR) is 92.3 cm³/mol. The Labute approximate surface area is 145 Å². The third-order valence-corrected chi connectivity index (χ3v) is 3.89. The average Bonchev–Trinajstić information content (AvgIpc) is 3.24. The van der Waals surface area contributed by atoms with E-state index in [0.717, 1.165) is 16.7 Å². The van der Waals surface area contributed by atoms with Gasteiger partial charge in [0, 0.05) is 43.3 Å². The van der Waals surface area contributed by atoms with Crippen LogP contribution in [0.3, 0.4) is 0 Å². The predicted octanol–water partition coefficient (Wildman–Crippen LogP) is 3.55. The molecule has 0 radical (unpaired) electrons. The van der Waals surface area contributed by atoms with Gasteiger partial charge in [0.1, 0.15) is 17.2 Å². The second kappa shape index (κ2) is 7.58. The number of hydrogen-bond donors (Lipinski definition) is 0. The van der Waals surface area contributed by atoms with Crippen LogP contribution < -0.4 is 0 Å². The summed E-state index contributed by atoms with van der Waals surface area (Å²) >= 11 is 0. The fraction of sp³-hybridized carbons (Fsp3) is 0.263. The third kappa shape index (κ3) is 4.21. The average molecular weight is 334 g/mol. The second-order valence-corrected chi connectivity index (χ2v) is 5.89. The van der Waals surface area contributed by atoms with E-state index in [-0.39, 0.29) is 12.2 Å². The van der Waals surface area contributed by atoms with Crippen LogP contribution in [0, 0.1) is 11.3 Å². The molecule has 0 saturated heterocycles. The van der Waals surface area contributed by atoms with E-state index in [1.165, 1.54) is 0 Å². The number of aryl methyl sites for hydroxylation is 1. The molecule has 3 rings (SSSR count). The molecule has 0 N–H and O–H groups in total. The van der Waals surface area contributed by atoms with Crippen LogP contribution >= 0.6 is 0 Å². The molecule has 3 aromatic rings. The Kier molecular flexibility index (Phi) is 5.05. The van der Waals surface area contributed by atoms with Crippen LogP contribution in [-0.2, 0) is 18.3 Å². The fourth-order valence-corrected chi connectivity index (χ4v) is 2.58. The summed E-state index contributed by atoms with van der Waals surface area (Å²) in [5.41, 5.74) is 3.77. The molecule has 6 nitrogen and oxygen atoms in total. The van der Waals surface area contributed by atoms with Gasteiger partial charge in [0.15, 0.2) is 0 Å². The van der Waals surface area contributed by atoms with Gasteiger partial charge in [-0.05, 0) is 12.0 Å². The van der Waals surface area contributed by atoms with E-state index in [0.29, 0.717) is 30.7 Å². The molecule has 2 heterocycles. The number of ketones is 1. The molecule has 126 valence electrons. The van der Waals surface area contributed by atoms with E-state index in [1.54, 1.807) is 10.7 Å². The largest absolute Gasteiger partial charge is 0.360 e. The Morgan fingerprint density at radius 1 is 1.24 bits per heavy atom. The zero-order valence-corrected chi connectivity index (χ0v) is 14.0. The number of carbonyl (C=O) groups is 1. The van der Waals surface area contributed by atoms with Crippen molar-refractivity contribution in [3.63, 3.8) is 0 Å².